The van der Waals surface area contributed by atoms with Crippen molar-refractivity contribution in [2.75, 3.05) is 7.05 Å². The van der Waals surface area contributed by atoms with E-state index in [1.54, 1.807) is 7.05 Å². The normalized spacial score (nSPS) is 43.8. The molecule has 9 heteroatoms. The molecule has 10 atom stereocenters. The second-order valence-electron chi connectivity index (χ2n) is 9.10. The van der Waals surface area contributed by atoms with E-state index in [0.29, 0.717) is 12.8 Å². The van der Waals surface area contributed by atoms with E-state index in [2.05, 4.69) is 10.6 Å². The molecule has 0 bridgehead atoms. The van der Waals surface area contributed by atoms with Crippen molar-refractivity contribution in [3.05, 3.63) is 35.9 Å². The van der Waals surface area contributed by atoms with Crippen molar-refractivity contribution in [3.8, 4) is 0 Å². The van der Waals surface area contributed by atoms with Crippen LogP contribution in [0.2, 0.25) is 0 Å². The Morgan fingerprint density at radius 1 is 1.16 bits per heavy atom. The minimum absolute atomic E-state index is 0.162. The topological polar surface area (TPSA) is 130 Å². The fourth-order valence-electron chi connectivity index (χ4n) is 5.27. The van der Waals surface area contributed by atoms with E-state index >= 15 is 0 Å². The lowest BCUT2D eigenvalue weighted by atomic mass is 9.74. The second kappa shape index (κ2) is 9.34. The number of likely N-dealkylation sites (N-methyl/N-ethyl adjacent to an activating group) is 1. The van der Waals surface area contributed by atoms with Crippen LogP contribution in [0, 0.1) is 5.92 Å². The third-order valence-corrected chi connectivity index (χ3v) is 6.97. The Morgan fingerprint density at radius 2 is 1.88 bits per heavy atom. The number of fused-ring (bicyclic) bond motifs is 2. The Labute approximate surface area is 188 Å². The molecule has 178 valence electrons. The number of ether oxygens (including phenoxy) is 3. The van der Waals surface area contributed by atoms with E-state index in [1.807, 2.05) is 44.2 Å². The molecule has 1 amide bonds. The zero-order valence-electron chi connectivity index (χ0n) is 18.7. The van der Waals surface area contributed by atoms with Gasteiger partial charge in [0.15, 0.2) is 0 Å². The highest BCUT2D eigenvalue weighted by Crippen LogP contribution is 2.43. The molecule has 1 aromatic rings. The van der Waals surface area contributed by atoms with Crippen molar-refractivity contribution in [2.45, 2.75) is 87.8 Å². The fourth-order valence-corrected chi connectivity index (χ4v) is 5.27. The summed E-state index contributed by atoms with van der Waals surface area (Å²) >= 11 is 0. The fraction of sp³-hybridized carbons (Fsp3) is 0.696. The zero-order valence-corrected chi connectivity index (χ0v) is 18.7. The molecular formula is C23H34N2O7. The number of nitrogens with one attached hydrogen (secondary N) is 2. The molecule has 3 aliphatic rings. The average Bonchev–Trinajstić information content (AvgIpc) is 2.75. The minimum Gasteiger partial charge on any atom is -0.391 e. The van der Waals surface area contributed by atoms with Gasteiger partial charge in [0.1, 0.15) is 12.2 Å². The van der Waals surface area contributed by atoms with Crippen LogP contribution in [-0.4, -0.2) is 83.0 Å². The highest BCUT2D eigenvalue weighted by Gasteiger charge is 2.63. The molecule has 5 N–H and O–H groups in total. The van der Waals surface area contributed by atoms with Crippen molar-refractivity contribution in [2.24, 2.45) is 5.92 Å². The molecular weight excluding hydrogens is 416 g/mol. The summed E-state index contributed by atoms with van der Waals surface area (Å²) in [6.07, 6.45) is -3.96. The van der Waals surface area contributed by atoms with Gasteiger partial charge in [0.2, 0.25) is 18.0 Å². The number of rotatable bonds is 5. The summed E-state index contributed by atoms with van der Waals surface area (Å²) in [7, 11) is 1.69. The van der Waals surface area contributed by atoms with Gasteiger partial charge < -0.3 is 40.2 Å². The Hall–Kier alpha value is -1.59. The van der Waals surface area contributed by atoms with E-state index in [9.17, 15) is 20.1 Å². The van der Waals surface area contributed by atoms with Crippen LogP contribution >= 0.6 is 0 Å². The molecule has 0 aromatic heterocycles. The van der Waals surface area contributed by atoms with Gasteiger partial charge in [-0.15, -0.1) is 0 Å². The van der Waals surface area contributed by atoms with Crippen LogP contribution in [0.25, 0.3) is 0 Å². The molecule has 0 radical (unpaired) electrons. The summed E-state index contributed by atoms with van der Waals surface area (Å²) in [5.41, 5.74) is 0.855. The number of amides is 1. The molecule has 1 aromatic carbocycles. The Kier molecular flexibility index (Phi) is 6.88. The standard InChI is InChI=1S/C23H34N2O7/c1-4-14-18(27)17(24-3)20-21(19(14)28)31-22-23(29,32-20)15(10-12(2)30-22)25-16(26)11-13-8-6-5-7-9-13/h5-9,12,14-15,17-22,24,27-29H,4,10-11H2,1-3H3,(H,25,26)/t12-,14-,15-,17+,18+,19+,20?,21?,22?,23+/m1/s1. The van der Waals surface area contributed by atoms with Gasteiger partial charge in [0.25, 0.3) is 0 Å². The van der Waals surface area contributed by atoms with Gasteiger partial charge in [-0.3, -0.25) is 4.79 Å². The predicted molar refractivity (Wildman–Crippen MR) is 114 cm³/mol. The molecule has 2 saturated heterocycles. The summed E-state index contributed by atoms with van der Waals surface area (Å²) in [6.45, 7) is 3.72. The van der Waals surface area contributed by atoms with Gasteiger partial charge in [-0.05, 0) is 32.4 Å². The Morgan fingerprint density at radius 3 is 2.53 bits per heavy atom. The van der Waals surface area contributed by atoms with E-state index in [0.717, 1.165) is 5.56 Å². The molecule has 2 aliphatic heterocycles. The maximum Gasteiger partial charge on any atom is 0.239 e. The molecule has 1 aliphatic carbocycles. The SMILES string of the molecule is CC[C@@H]1[C@H](O)[C@H](NC)C2O[C@]3(O)C(OC2[C@H]1O)O[C@H](C)C[C@H]3NC(=O)Cc1ccccc1. The maximum absolute atomic E-state index is 12.7. The van der Waals surface area contributed by atoms with Crippen LogP contribution in [0.3, 0.4) is 0 Å². The van der Waals surface area contributed by atoms with Crippen molar-refractivity contribution in [1.29, 1.82) is 0 Å². The smallest absolute Gasteiger partial charge is 0.239 e. The molecule has 0 spiro atoms. The molecule has 4 rings (SSSR count). The summed E-state index contributed by atoms with van der Waals surface area (Å²) < 4.78 is 18.1. The van der Waals surface area contributed by atoms with Crippen LogP contribution in [0.15, 0.2) is 30.3 Å². The first-order valence-electron chi connectivity index (χ1n) is 11.4. The lowest BCUT2D eigenvalue weighted by molar-refractivity contribution is -0.450. The van der Waals surface area contributed by atoms with Crippen LogP contribution in [-0.2, 0) is 25.4 Å². The van der Waals surface area contributed by atoms with Crippen LogP contribution < -0.4 is 10.6 Å². The van der Waals surface area contributed by atoms with Gasteiger partial charge >= 0.3 is 0 Å². The van der Waals surface area contributed by atoms with E-state index < -0.39 is 54.5 Å². The van der Waals surface area contributed by atoms with Crippen molar-refractivity contribution >= 4 is 5.91 Å². The third-order valence-electron chi connectivity index (χ3n) is 6.97. The first kappa shape index (κ1) is 23.6. The number of hydrogen-bond acceptors (Lipinski definition) is 8. The monoisotopic (exact) mass is 450 g/mol. The van der Waals surface area contributed by atoms with Crippen LogP contribution in [0.5, 0.6) is 0 Å². The molecule has 3 fully saturated rings. The van der Waals surface area contributed by atoms with Gasteiger partial charge in [0.05, 0.1) is 36.8 Å². The first-order chi connectivity index (χ1) is 15.3. The minimum atomic E-state index is -1.96. The lowest BCUT2D eigenvalue weighted by Gasteiger charge is -2.58. The third kappa shape index (κ3) is 4.19. The molecule has 9 nitrogen and oxygen atoms in total. The van der Waals surface area contributed by atoms with E-state index in [-0.39, 0.29) is 18.4 Å². The zero-order chi connectivity index (χ0) is 23.0. The molecule has 2 heterocycles. The highest BCUT2D eigenvalue weighted by molar-refractivity contribution is 5.79. The number of aliphatic hydroxyl groups is 3. The quantitative estimate of drug-likeness (QED) is 0.413. The summed E-state index contributed by atoms with van der Waals surface area (Å²) in [4.78, 5) is 12.7. The summed E-state index contributed by atoms with van der Waals surface area (Å²) in [5, 5.41) is 39.1. The van der Waals surface area contributed by atoms with E-state index in [1.165, 1.54) is 0 Å². The number of carbonyl (C=O) groups is 1. The number of hydrogen-bond donors (Lipinski definition) is 5. The second-order valence-corrected chi connectivity index (χ2v) is 9.10. The first-order valence-corrected chi connectivity index (χ1v) is 11.4. The summed E-state index contributed by atoms with van der Waals surface area (Å²) in [5.74, 6) is -2.63. The van der Waals surface area contributed by atoms with Gasteiger partial charge in [-0.1, -0.05) is 37.3 Å². The molecule has 32 heavy (non-hydrogen) atoms. The predicted octanol–water partition coefficient (Wildman–Crippen LogP) is -0.329. The Bertz CT molecular complexity index is 796. The largest absolute Gasteiger partial charge is 0.391 e. The summed E-state index contributed by atoms with van der Waals surface area (Å²) in [6, 6.07) is 7.97. The number of carbonyl (C=O) groups excluding carboxylic acids is 1. The van der Waals surface area contributed by atoms with Gasteiger partial charge in [-0.2, -0.15) is 0 Å². The lowest BCUT2D eigenvalue weighted by Crippen LogP contribution is -2.77. The van der Waals surface area contributed by atoms with E-state index in [4.69, 9.17) is 14.2 Å². The number of aliphatic hydroxyl groups excluding tert-OH is 2. The number of benzene rings is 1. The molecule has 1 saturated carbocycles. The van der Waals surface area contributed by atoms with Crippen molar-refractivity contribution in [3.63, 3.8) is 0 Å². The van der Waals surface area contributed by atoms with Crippen LogP contribution in [0.1, 0.15) is 32.3 Å². The Balaban J connectivity index is 1.56. The van der Waals surface area contributed by atoms with Crippen LogP contribution in [0.4, 0.5) is 0 Å². The van der Waals surface area contributed by atoms with Gasteiger partial charge in [0, 0.05) is 5.92 Å². The van der Waals surface area contributed by atoms with Crippen molar-refractivity contribution in [1.82, 2.24) is 10.6 Å². The molecule has 3 unspecified atom stereocenters. The maximum atomic E-state index is 12.7. The average molecular weight is 451 g/mol. The highest BCUT2D eigenvalue weighted by atomic mass is 16.8. The van der Waals surface area contributed by atoms with Crippen molar-refractivity contribution < 1.29 is 34.3 Å². The van der Waals surface area contributed by atoms with Gasteiger partial charge in [-0.25, -0.2) is 0 Å².